The Kier molecular flexibility index (Phi) is 4.45. The number of piperidine rings is 1. The summed E-state index contributed by atoms with van der Waals surface area (Å²) in [5.74, 6) is 0. The van der Waals surface area contributed by atoms with Crippen LogP contribution in [0, 0.1) is 0 Å². The van der Waals surface area contributed by atoms with Crippen molar-refractivity contribution >= 4 is 5.65 Å². The molecule has 2 aliphatic rings. The monoisotopic (exact) mass is 364 g/mol. The summed E-state index contributed by atoms with van der Waals surface area (Å²) in [6, 6.07) is 5.22. The van der Waals surface area contributed by atoms with Crippen LogP contribution in [0.4, 0.5) is 0 Å². The third-order valence-electron chi connectivity index (χ3n) is 5.84. The molecule has 7 nitrogen and oxygen atoms in total. The first-order valence-electron chi connectivity index (χ1n) is 9.88. The van der Waals surface area contributed by atoms with Gasteiger partial charge in [-0.3, -0.25) is 4.40 Å². The molecule has 0 amide bonds. The molecule has 27 heavy (non-hydrogen) atoms. The molecule has 5 rings (SSSR count). The van der Waals surface area contributed by atoms with Crippen LogP contribution in [-0.2, 0) is 0 Å². The summed E-state index contributed by atoms with van der Waals surface area (Å²) in [7, 11) is 0. The predicted octanol–water partition coefficient (Wildman–Crippen LogP) is 2.97. The second kappa shape index (κ2) is 7.23. The van der Waals surface area contributed by atoms with Crippen molar-refractivity contribution in [3.8, 4) is 17.1 Å². The minimum Gasteiger partial charge on any atom is -0.460 e. The number of aromatic nitrogens is 5. The van der Waals surface area contributed by atoms with E-state index in [0.29, 0.717) is 6.01 Å². The van der Waals surface area contributed by atoms with Gasteiger partial charge >= 0.3 is 6.01 Å². The first-order valence-corrected chi connectivity index (χ1v) is 9.88. The molecular formula is C20H24N6O. The highest BCUT2D eigenvalue weighted by Gasteiger charge is 2.28. The summed E-state index contributed by atoms with van der Waals surface area (Å²) in [5.41, 5.74) is 2.80. The van der Waals surface area contributed by atoms with Crippen LogP contribution in [0.1, 0.15) is 38.5 Å². The zero-order valence-corrected chi connectivity index (χ0v) is 15.4. The van der Waals surface area contributed by atoms with Crippen molar-refractivity contribution in [1.29, 1.82) is 0 Å². The maximum atomic E-state index is 6.04. The van der Waals surface area contributed by atoms with Crippen LogP contribution in [0.25, 0.3) is 16.8 Å². The SMILES string of the molecule is c1cc2nncn2cc1-c1cnc(OC2CCN(C3CCCC3)CC2)nc1. The molecule has 7 heteroatoms. The van der Waals surface area contributed by atoms with Crippen LogP contribution in [0.5, 0.6) is 6.01 Å². The smallest absolute Gasteiger partial charge is 0.316 e. The minimum absolute atomic E-state index is 0.224. The normalized spacial score (nSPS) is 19.7. The Labute approximate surface area is 158 Å². The number of hydrogen-bond donors (Lipinski definition) is 0. The lowest BCUT2D eigenvalue weighted by Crippen LogP contribution is -2.43. The fourth-order valence-electron chi connectivity index (χ4n) is 4.30. The van der Waals surface area contributed by atoms with E-state index in [9.17, 15) is 0 Å². The van der Waals surface area contributed by atoms with Crippen LogP contribution in [-0.4, -0.2) is 54.7 Å². The van der Waals surface area contributed by atoms with Gasteiger partial charge in [-0.2, -0.15) is 0 Å². The second-order valence-electron chi connectivity index (χ2n) is 7.56. The summed E-state index contributed by atoms with van der Waals surface area (Å²) in [5, 5.41) is 7.93. The van der Waals surface area contributed by atoms with E-state index in [4.69, 9.17) is 4.74 Å². The standard InChI is InChI=1S/C20H24N6O/c1-2-4-17(3-1)25-9-7-18(8-10-25)27-20-21-11-16(12-22-20)15-5-6-19-24-23-14-26(19)13-15/h5-6,11-14,17-18H,1-4,7-10H2. The highest BCUT2D eigenvalue weighted by Crippen LogP contribution is 2.27. The van der Waals surface area contributed by atoms with Gasteiger partial charge in [0.15, 0.2) is 5.65 Å². The molecule has 2 fully saturated rings. The summed E-state index contributed by atoms with van der Waals surface area (Å²) in [4.78, 5) is 11.5. The molecule has 1 aliphatic heterocycles. The fourth-order valence-corrected chi connectivity index (χ4v) is 4.30. The first kappa shape index (κ1) is 16.6. The molecule has 4 heterocycles. The van der Waals surface area contributed by atoms with E-state index in [-0.39, 0.29) is 6.10 Å². The molecule has 3 aromatic rings. The van der Waals surface area contributed by atoms with Crippen molar-refractivity contribution in [1.82, 2.24) is 29.5 Å². The zero-order valence-electron chi connectivity index (χ0n) is 15.4. The Bertz CT molecular complexity index is 894. The van der Waals surface area contributed by atoms with E-state index in [1.54, 1.807) is 6.33 Å². The van der Waals surface area contributed by atoms with Gasteiger partial charge in [-0.05, 0) is 37.8 Å². The van der Waals surface area contributed by atoms with Crippen molar-refractivity contribution in [2.45, 2.75) is 50.7 Å². The summed E-state index contributed by atoms with van der Waals surface area (Å²) in [6.07, 6.45) is 15.2. The molecule has 0 bridgehead atoms. The largest absolute Gasteiger partial charge is 0.460 e. The van der Waals surface area contributed by atoms with E-state index in [0.717, 1.165) is 48.7 Å². The van der Waals surface area contributed by atoms with Gasteiger partial charge in [0.2, 0.25) is 0 Å². The second-order valence-corrected chi connectivity index (χ2v) is 7.56. The fraction of sp³-hybridized carbons (Fsp3) is 0.500. The molecule has 3 aromatic heterocycles. The maximum Gasteiger partial charge on any atom is 0.316 e. The number of hydrogen-bond acceptors (Lipinski definition) is 6. The lowest BCUT2D eigenvalue weighted by Gasteiger charge is -2.35. The predicted molar refractivity (Wildman–Crippen MR) is 101 cm³/mol. The van der Waals surface area contributed by atoms with Gasteiger partial charge in [-0.15, -0.1) is 10.2 Å². The third-order valence-corrected chi connectivity index (χ3v) is 5.84. The van der Waals surface area contributed by atoms with Crippen molar-refractivity contribution in [2.24, 2.45) is 0 Å². The summed E-state index contributed by atoms with van der Waals surface area (Å²) >= 11 is 0. The van der Waals surface area contributed by atoms with E-state index >= 15 is 0 Å². The molecule has 0 unspecified atom stereocenters. The number of pyridine rings is 1. The average Bonchev–Trinajstić information content (AvgIpc) is 3.41. The van der Waals surface area contributed by atoms with Gasteiger partial charge in [0, 0.05) is 48.8 Å². The zero-order chi connectivity index (χ0) is 18.1. The van der Waals surface area contributed by atoms with Crippen molar-refractivity contribution in [2.75, 3.05) is 13.1 Å². The molecular weight excluding hydrogens is 340 g/mol. The number of nitrogens with zero attached hydrogens (tertiary/aromatic N) is 6. The van der Waals surface area contributed by atoms with Crippen LogP contribution < -0.4 is 4.74 Å². The third kappa shape index (κ3) is 3.51. The van der Waals surface area contributed by atoms with Gasteiger partial charge in [-0.25, -0.2) is 9.97 Å². The molecule has 0 radical (unpaired) electrons. The number of ether oxygens (including phenoxy) is 1. The highest BCUT2D eigenvalue weighted by atomic mass is 16.5. The summed E-state index contributed by atoms with van der Waals surface area (Å²) < 4.78 is 7.93. The lowest BCUT2D eigenvalue weighted by molar-refractivity contribution is 0.0710. The topological polar surface area (TPSA) is 68.4 Å². The van der Waals surface area contributed by atoms with Crippen LogP contribution in [0.3, 0.4) is 0 Å². The molecule has 1 aliphatic carbocycles. The van der Waals surface area contributed by atoms with Crippen molar-refractivity contribution in [3.05, 3.63) is 37.1 Å². The van der Waals surface area contributed by atoms with Gasteiger partial charge in [0.25, 0.3) is 0 Å². The van der Waals surface area contributed by atoms with E-state index in [1.807, 2.05) is 35.1 Å². The quantitative estimate of drug-likeness (QED) is 0.709. The number of rotatable bonds is 4. The molecule has 0 atom stereocenters. The van der Waals surface area contributed by atoms with Crippen molar-refractivity contribution < 1.29 is 4.74 Å². The molecule has 0 N–H and O–H groups in total. The highest BCUT2D eigenvalue weighted by molar-refractivity contribution is 5.62. The maximum absolute atomic E-state index is 6.04. The minimum atomic E-state index is 0.224. The Balaban J connectivity index is 1.20. The Hall–Kier alpha value is -2.54. The Morgan fingerprint density at radius 2 is 1.70 bits per heavy atom. The van der Waals surface area contributed by atoms with E-state index in [2.05, 4.69) is 25.1 Å². The molecule has 1 saturated carbocycles. The molecule has 0 aromatic carbocycles. The van der Waals surface area contributed by atoms with Crippen molar-refractivity contribution in [3.63, 3.8) is 0 Å². The molecule has 1 saturated heterocycles. The molecule has 0 spiro atoms. The van der Waals surface area contributed by atoms with Gasteiger partial charge in [-0.1, -0.05) is 12.8 Å². The van der Waals surface area contributed by atoms with Gasteiger partial charge < -0.3 is 9.64 Å². The number of fused-ring (bicyclic) bond motifs is 1. The Morgan fingerprint density at radius 3 is 2.48 bits per heavy atom. The first-order chi connectivity index (χ1) is 13.3. The van der Waals surface area contributed by atoms with Crippen LogP contribution >= 0.6 is 0 Å². The summed E-state index contributed by atoms with van der Waals surface area (Å²) in [6.45, 7) is 2.26. The molecule has 140 valence electrons. The van der Waals surface area contributed by atoms with Gasteiger partial charge in [0.05, 0.1) is 0 Å². The van der Waals surface area contributed by atoms with E-state index < -0.39 is 0 Å². The van der Waals surface area contributed by atoms with Crippen LogP contribution in [0.15, 0.2) is 37.1 Å². The van der Waals surface area contributed by atoms with E-state index in [1.165, 1.54) is 25.7 Å². The average molecular weight is 364 g/mol. The van der Waals surface area contributed by atoms with Crippen LogP contribution in [0.2, 0.25) is 0 Å². The lowest BCUT2D eigenvalue weighted by atomic mass is 10.0. The Morgan fingerprint density at radius 1 is 0.926 bits per heavy atom. The number of likely N-dealkylation sites (tertiary alicyclic amines) is 1. The van der Waals surface area contributed by atoms with Gasteiger partial charge in [0.1, 0.15) is 12.4 Å².